The molecule has 2 N–H and O–H groups in total. The Hall–Kier alpha value is -4.60. The summed E-state index contributed by atoms with van der Waals surface area (Å²) in [7, 11) is -1.74. The van der Waals surface area contributed by atoms with Crippen LogP contribution < -0.4 is 14.4 Å². The van der Waals surface area contributed by atoms with Gasteiger partial charge in [0.25, 0.3) is 11.7 Å². The summed E-state index contributed by atoms with van der Waals surface area (Å²) in [6.07, 6.45) is 10.9. The summed E-state index contributed by atoms with van der Waals surface area (Å²) in [5, 5.41) is 28.9. The van der Waals surface area contributed by atoms with Crippen LogP contribution in [0.3, 0.4) is 0 Å². The maximum atomic E-state index is 15.0. The number of rotatable bonds is 4. The molecule has 54 heavy (non-hydrogen) atoms. The van der Waals surface area contributed by atoms with E-state index in [1.54, 1.807) is 24.0 Å². The largest absolute Gasteiger partial charge is 0.490 e. The molecular formula is C38H45ClN10O4S. The van der Waals surface area contributed by atoms with Crippen molar-refractivity contribution in [3.8, 4) is 5.75 Å². The van der Waals surface area contributed by atoms with Gasteiger partial charge in [0, 0.05) is 42.3 Å². The molecule has 284 valence electrons. The quantitative estimate of drug-likeness (QED) is 0.209. The number of aromatic nitrogens is 7. The van der Waals surface area contributed by atoms with Crippen LogP contribution in [0, 0.1) is 11.8 Å². The van der Waals surface area contributed by atoms with E-state index in [9.17, 15) is 14.1 Å². The molecule has 16 heteroatoms. The van der Waals surface area contributed by atoms with Gasteiger partial charge in [-0.25, -0.2) is 4.21 Å². The Morgan fingerprint density at radius 3 is 2.93 bits per heavy atom. The molecule has 2 aliphatic heterocycles. The fourth-order valence-corrected chi connectivity index (χ4v) is 10.5. The Morgan fingerprint density at radius 2 is 2.07 bits per heavy atom. The molecule has 14 nitrogen and oxygen atoms in total. The number of allylic oxidation sites excluding steroid dienone is 1. The van der Waals surface area contributed by atoms with E-state index in [4.69, 9.17) is 16.3 Å². The van der Waals surface area contributed by atoms with Crippen LogP contribution in [0.4, 0.5) is 11.5 Å². The first-order valence-electron chi connectivity index (χ1n) is 18.7. The van der Waals surface area contributed by atoms with Gasteiger partial charge < -0.3 is 14.7 Å². The molecule has 2 bridgehead atoms. The molecule has 8 rings (SSSR count). The van der Waals surface area contributed by atoms with E-state index >= 15 is 0 Å². The molecule has 1 aliphatic carbocycles. The zero-order chi connectivity index (χ0) is 37.6. The molecule has 5 aromatic rings. The number of fused-ring (bicyclic) bond motifs is 6. The number of hydrogen-bond acceptors (Lipinski definition) is 10. The number of carbonyl (C=O) groups excluding carboxylic acids is 1. The first kappa shape index (κ1) is 36.4. The third-order valence-electron chi connectivity index (χ3n) is 11.0. The number of aliphatic hydroxyl groups is 1. The van der Waals surface area contributed by atoms with Crippen molar-refractivity contribution in [3.63, 3.8) is 0 Å². The van der Waals surface area contributed by atoms with Crippen molar-refractivity contribution in [2.45, 2.75) is 70.3 Å². The third-order valence-corrected chi connectivity index (χ3v) is 13.2. The summed E-state index contributed by atoms with van der Waals surface area (Å²) in [6.45, 7) is 5.88. The Bertz CT molecular complexity index is 2390. The molecule has 1 unspecified atom stereocenters. The highest BCUT2D eigenvalue weighted by atomic mass is 35.5. The number of ether oxygens (including phenoxy) is 1. The minimum Gasteiger partial charge on any atom is -0.490 e. The van der Waals surface area contributed by atoms with E-state index in [-0.39, 0.29) is 34.6 Å². The van der Waals surface area contributed by atoms with Crippen molar-refractivity contribution in [1.29, 1.82) is 0 Å². The first-order valence-corrected chi connectivity index (χ1v) is 20.7. The normalized spacial score (nSPS) is 26.9. The Kier molecular flexibility index (Phi) is 9.81. The van der Waals surface area contributed by atoms with Crippen LogP contribution in [-0.4, -0.2) is 81.6 Å². The number of benzene rings is 2. The van der Waals surface area contributed by atoms with Crippen LogP contribution in [0.1, 0.15) is 73.9 Å². The van der Waals surface area contributed by atoms with E-state index in [2.05, 4.69) is 58.6 Å². The van der Waals surface area contributed by atoms with Gasteiger partial charge in [0.1, 0.15) is 15.7 Å². The average molecular weight is 773 g/mol. The van der Waals surface area contributed by atoms with Crippen molar-refractivity contribution in [2.24, 2.45) is 23.2 Å². The van der Waals surface area contributed by atoms with Gasteiger partial charge in [-0.15, -0.1) is 4.36 Å². The summed E-state index contributed by atoms with van der Waals surface area (Å²) < 4.78 is 32.1. The van der Waals surface area contributed by atoms with Gasteiger partial charge in [0.15, 0.2) is 11.5 Å². The third kappa shape index (κ3) is 7.04. The molecule has 1 spiro atoms. The van der Waals surface area contributed by atoms with E-state index in [1.165, 1.54) is 15.6 Å². The Balaban J connectivity index is 1.23. The van der Waals surface area contributed by atoms with Crippen molar-refractivity contribution in [2.75, 3.05) is 35.1 Å². The SMILES string of the molecule is CCC[C@@H]1CCN2C[C@@]3(CCCc4cc(Cl)ccc43)COc3ccc(cc32)C(=O)N=S(=O)(Nc2nc3nnnn3c3nn(C)cc23)C[C@@H](C)C/C=C/[C@@H]1O. The average Bonchev–Trinajstić information content (AvgIpc) is 3.74. The molecule has 0 fully saturated rings. The predicted molar refractivity (Wildman–Crippen MR) is 208 cm³/mol. The number of hydrogen-bond donors (Lipinski definition) is 2. The Labute approximate surface area is 319 Å². The fourth-order valence-electron chi connectivity index (χ4n) is 8.39. The summed E-state index contributed by atoms with van der Waals surface area (Å²) in [4.78, 5) is 21.1. The predicted octanol–water partition coefficient (Wildman–Crippen LogP) is 5.93. The zero-order valence-corrected chi connectivity index (χ0v) is 32.3. The highest BCUT2D eigenvalue weighted by Crippen LogP contribution is 2.45. The molecule has 0 saturated heterocycles. The molecule has 2 aromatic carbocycles. The monoisotopic (exact) mass is 772 g/mol. The van der Waals surface area contributed by atoms with Crippen molar-refractivity contribution >= 4 is 55.7 Å². The lowest BCUT2D eigenvalue weighted by Gasteiger charge is -2.41. The van der Waals surface area contributed by atoms with Crippen LogP contribution in [0.5, 0.6) is 5.75 Å². The highest BCUT2D eigenvalue weighted by Gasteiger charge is 2.42. The number of anilines is 2. The van der Waals surface area contributed by atoms with Gasteiger partial charge in [0.2, 0.25) is 0 Å². The van der Waals surface area contributed by atoms with Crippen molar-refractivity contribution in [3.05, 3.63) is 76.5 Å². The van der Waals surface area contributed by atoms with Crippen LogP contribution in [-0.2, 0) is 28.8 Å². The zero-order valence-electron chi connectivity index (χ0n) is 30.7. The van der Waals surface area contributed by atoms with E-state index in [0.717, 1.165) is 49.2 Å². The number of tetrazole rings is 1. The molecule has 1 amide bonds. The number of aryl methyl sites for hydroxylation is 2. The topological polar surface area (TPSA) is 165 Å². The van der Waals surface area contributed by atoms with Gasteiger partial charge in [-0.2, -0.15) is 14.6 Å². The maximum absolute atomic E-state index is 15.0. The standard InChI is InChI=1S/C38H45ClN10O4S/c1-4-7-25-15-17-48-22-38(16-6-9-26-18-28(39)12-13-30(26)38)23-53-33-14-11-27(19-31(33)48)36(51)44-54(52,21-24(2)8-5-10-32(25)50)43-34-29-20-47(3)42-35(29)49-37(40-34)41-45-46-49/h5,10-14,18-20,24-25,32,50H,4,6-9,15-17,21-23H2,1-3H3,(H,40,41,43,44,46,51,52)/b10-5+/t24-,25+,32-,38-,54?/m0/s1. The minimum absolute atomic E-state index is 0.0238. The molecule has 0 saturated carbocycles. The van der Waals surface area contributed by atoms with E-state index < -0.39 is 21.9 Å². The lowest BCUT2D eigenvalue weighted by atomic mass is 9.70. The first-order chi connectivity index (χ1) is 26.0. The number of nitrogens with one attached hydrogen (secondary N) is 1. The van der Waals surface area contributed by atoms with Gasteiger partial charge in [0.05, 0.1) is 29.5 Å². The number of halogens is 1. The maximum Gasteiger partial charge on any atom is 0.286 e. The van der Waals surface area contributed by atoms with Crippen molar-refractivity contribution < 1.29 is 18.8 Å². The van der Waals surface area contributed by atoms with Crippen LogP contribution in [0.2, 0.25) is 5.02 Å². The van der Waals surface area contributed by atoms with Gasteiger partial charge >= 0.3 is 0 Å². The molecule has 3 aromatic heterocycles. The summed E-state index contributed by atoms with van der Waals surface area (Å²) in [6, 6.07) is 11.5. The molecule has 3 aliphatic rings. The second kappa shape index (κ2) is 14.6. The number of amides is 1. The molecular weight excluding hydrogens is 728 g/mol. The number of nitrogens with zero attached hydrogens (tertiary/aromatic N) is 9. The summed E-state index contributed by atoms with van der Waals surface area (Å²) >= 11 is 6.46. The van der Waals surface area contributed by atoms with E-state index in [0.29, 0.717) is 48.5 Å². The smallest absolute Gasteiger partial charge is 0.286 e. The Morgan fingerprint density at radius 1 is 1.20 bits per heavy atom. The second-order valence-corrected chi connectivity index (χ2v) is 17.6. The van der Waals surface area contributed by atoms with Crippen molar-refractivity contribution in [1.82, 2.24) is 34.8 Å². The van der Waals surface area contributed by atoms with Crippen LogP contribution in [0.15, 0.2) is 59.1 Å². The summed E-state index contributed by atoms with van der Waals surface area (Å²) in [5.74, 6) is 0.297. The lowest BCUT2D eigenvalue weighted by molar-refractivity contribution is 0.100. The number of aliphatic hydroxyl groups excluding tert-OH is 1. The van der Waals surface area contributed by atoms with Gasteiger partial charge in [-0.05, 0) is 102 Å². The fraction of sp³-hybridized carbons (Fsp3) is 0.474. The molecule has 5 atom stereocenters. The number of carbonyl (C=O) groups is 1. The van der Waals surface area contributed by atoms with E-state index in [1.807, 2.05) is 37.3 Å². The minimum atomic E-state index is -3.49. The lowest BCUT2D eigenvalue weighted by Crippen LogP contribution is -2.46. The molecule has 5 heterocycles. The van der Waals surface area contributed by atoms with Gasteiger partial charge in [-0.1, -0.05) is 55.2 Å². The second-order valence-electron chi connectivity index (χ2n) is 15.1. The summed E-state index contributed by atoms with van der Waals surface area (Å²) in [5.41, 5.74) is 3.67. The van der Waals surface area contributed by atoms with Crippen LogP contribution in [0.25, 0.3) is 16.8 Å². The van der Waals surface area contributed by atoms with Gasteiger partial charge in [-0.3, -0.25) is 14.2 Å². The highest BCUT2D eigenvalue weighted by molar-refractivity contribution is 7.95. The molecule has 0 radical (unpaired) electrons. The van der Waals surface area contributed by atoms with Crippen LogP contribution >= 0.6 is 11.6 Å².